The van der Waals surface area contributed by atoms with Gasteiger partial charge in [-0.2, -0.15) is 4.91 Å². The molecule has 4 atom stereocenters. The van der Waals surface area contributed by atoms with Crippen molar-refractivity contribution in [1.29, 1.82) is 0 Å². The number of hydrogen-bond acceptors (Lipinski definition) is 6. The fourth-order valence-electron chi connectivity index (χ4n) is 2.56. The van der Waals surface area contributed by atoms with Crippen molar-refractivity contribution >= 4 is 11.9 Å². The molecule has 2 rings (SSSR count). The molecule has 20 heavy (non-hydrogen) atoms. The minimum absolute atomic E-state index is 0.0771. The molecule has 2 N–H and O–H groups in total. The Morgan fingerprint density at radius 1 is 1.40 bits per heavy atom. The molecule has 0 spiro atoms. The van der Waals surface area contributed by atoms with E-state index in [1.807, 2.05) is 0 Å². The maximum Gasteiger partial charge on any atom is 0.334 e. The SMILES string of the molecule is CC(=O)NC1C(N=O)C=C(C(=O)O)C2OC(C)(C)OC21. The van der Waals surface area contributed by atoms with E-state index in [0.717, 1.165) is 0 Å². The van der Waals surface area contributed by atoms with Crippen molar-refractivity contribution in [2.45, 2.75) is 50.8 Å². The van der Waals surface area contributed by atoms with E-state index in [2.05, 4.69) is 10.5 Å². The zero-order chi connectivity index (χ0) is 15.1. The number of carbonyl (C=O) groups excluding carboxylic acids is 1. The van der Waals surface area contributed by atoms with Crippen LogP contribution in [0.3, 0.4) is 0 Å². The molecule has 110 valence electrons. The minimum atomic E-state index is -1.20. The van der Waals surface area contributed by atoms with Crippen LogP contribution in [0.2, 0.25) is 0 Å². The number of carboxylic acid groups (broad SMARTS) is 1. The van der Waals surface area contributed by atoms with Crippen LogP contribution in [0.25, 0.3) is 0 Å². The number of nitroso groups, excluding NO2 is 1. The molecule has 0 aromatic heterocycles. The third kappa shape index (κ3) is 2.56. The van der Waals surface area contributed by atoms with Crippen molar-refractivity contribution in [1.82, 2.24) is 5.32 Å². The van der Waals surface area contributed by atoms with Gasteiger partial charge in [-0.3, -0.25) is 4.79 Å². The van der Waals surface area contributed by atoms with Gasteiger partial charge in [0.15, 0.2) is 5.79 Å². The summed E-state index contributed by atoms with van der Waals surface area (Å²) in [5.74, 6) is -2.56. The highest BCUT2D eigenvalue weighted by atomic mass is 16.8. The quantitative estimate of drug-likeness (QED) is 0.714. The van der Waals surface area contributed by atoms with Crippen molar-refractivity contribution in [3.05, 3.63) is 16.6 Å². The van der Waals surface area contributed by atoms with Crippen LogP contribution in [-0.4, -0.2) is 47.1 Å². The Morgan fingerprint density at radius 3 is 2.55 bits per heavy atom. The topological polar surface area (TPSA) is 114 Å². The summed E-state index contributed by atoms with van der Waals surface area (Å²) in [5.41, 5.74) is -0.0771. The highest BCUT2D eigenvalue weighted by Crippen LogP contribution is 2.38. The number of rotatable bonds is 3. The second kappa shape index (κ2) is 4.95. The Balaban J connectivity index is 2.41. The predicted octanol–water partition coefficient (Wildman–Crippen LogP) is 0.171. The van der Waals surface area contributed by atoms with Crippen LogP contribution < -0.4 is 5.32 Å². The summed E-state index contributed by atoms with van der Waals surface area (Å²) >= 11 is 0. The molecule has 4 unspecified atom stereocenters. The van der Waals surface area contributed by atoms with E-state index in [9.17, 15) is 19.6 Å². The lowest BCUT2D eigenvalue weighted by Crippen LogP contribution is -2.56. The molecule has 1 amide bonds. The Bertz CT molecular complexity index is 486. The Kier molecular flexibility index (Phi) is 3.61. The van der Waals surface area contributed by atoms with Gasteiger partial charge in [-0.1, -0.05) is 5.18 Å². The summed E-state index contributed by atoms with van der Waals surface area (Å²) in [6.07, 6.45) is -0.410. The molecule has 2 aliphatic rings. The van der Waals surface area contributed by atoms with Crippen LogP contribution in [0.5, 0.6) is 0 Å². The molecule has 1 fully saturated rings. The molecule has 0 aromatic carbocycles. The number of aliphatic carboxylic acids is 1. The summed E-state index contributed by atoms with van der Waals surface area (Å²) in [6.45, 7) is 4.58. The van der Waals surface area contributed by atoms with Gasteiger partial charge in [0.1, 0.15) is 18.2 Å². The van der Waals surface area contributed by atoms with Crippen LogP contribution >= 0.6 is 0 Å². The molecule has 0 radical (unpaired) electrons. The second-order valence-electron chi connectivity index (χ2n) is 5.27. The van der Waals surface area contributed by atoms with Crippen LogP contribution in [0, 0.1) is 4.91 Å². The fraction of sp³-hybridized carbons (Fsp3) is 0.667. The lowest BCUT2D eigenvalue weighted by Gasteiger charge is -2.33. The highest BCUT2D eigenvalue weighted by molar-refractivity contribution is 5.88. The number of amides is 1. The number of nitrogens with zero attached hydrogens (tertiary/aromatic N) is 1. The summed E-state index contributed by atoms with van der Waals surface area (Å²) < 4.78 is 11.2. The van der Waals surface area contributed by atoms with E-state index in [1.165, 1.54) is 13.0 Å². The molecule has 1 heterocycles. The summed E-state index contributed by atoms with van der Waals surface area (Å²) in [6, 6.07) is -1.76. The molecule has 0 saturated carbocycles. The lowest BCUT2D eigenvalue weighted by atomic mass is 9.86. The number of carboxylic acids is 1. The summed E-state index contributed by atoms with van der Waals surface area (Å²) in [4.78, 5) is 33.4. The first kappa shape index (κ1) is 14.6. The molecule has 1 saturated heterocycles. The zero-order valence-electron chi connectivity index (χ0n) is 11.3. The van der Waals surface area contributed by atoms with E-state index in [-0.39, 0.29) is 11.5 Å². The number of carbonyl (C=O) groups is 2. The van der Waals surface area contributed by atoms with E-state index in [0.29, 0.717) is 0 Å². The third-order valence-corrected chi connectivity index (χ3v) is 3.25. The van der Waals surface area contributed by atoms with Crippen LogP contribution in [0.15, 0.2) is 16.8 Å². The van der Waals surface area contributed by atoms with Gasteiger partial charge in [0.05, 0.1) is 11.6 Å². The monoisotopic (exact) mass is 284 g/mol. The smallest absolute Gasteiger partial charge is 0.334 e. The lowest BCUT2D eigenvalue weighted by molar-refractivity contribution is -0.148. The molecule has 0 bridgehead atoms. The Labute approximate surface area is 115 Å². The molecule has 1 aliphatic heterocycles. The van der Waals surface area contributed by atoms with Gasteiger partial charge in [0, 0.05) is 6.92 Å². The average Bonchev–Trinajstić information content (AvgIpc) is 2.63. The maximum atomic E-state index is 11.3. The number of hydrogen-bond donors (Lipinski definition) is 2. The van der Waals surface area contributed by atoms with Crippen molar-refractivity contribution in [2.75, 3.05) is 0 Å². The average molecular weight is 284 g/mol. The molecule has 1 aliphatic carbocycles. The minimum Gasteiger partial charge on any atom is -0.478 e. The first-order valence-corrected chi connectivity index (χ1v) is 6.15. The largest absolute Gasteiger partial charge is 0.478 e. The van der Waals surface area contributed by atoms with Gasteiger partial charge in [-0.25, -0.2) is 4.79 Å². The first-order chi connectivity index (χ1) is 9.25. The number of ether oxygens (including phenoxy) is 2. The molecule has 8 heteroatoms. The van der Waals surface area contributed by atoms with Gasteiger partial charge in [0.25, 0.3) is 0 Å². The standard InChI is InChI=1S/C12H16N2O6/c1-5(15)13-8-7(14-18)4-6(11(16)17)9-10(8)20-12(2,3)19-9/h4,7-10H,1-3H3,(H,13,15)(H,16,17). The van der Waals surface area contributed by atoms with Gasteiger partial charge in [-0.15, -0.1) is 0 Å². The zero-order valence-corrected chi connectivity index (χ0v) is 11.3. The molecular weight excluding hydrogens is 268 g/mol. The van der Waals surface area contributed by atoms with E-state index in [1.54, 1.807) is 13.8 Å². The maximum absolute atomic E-state index is 11.3. The van der Waals surface area contributed by atoms with Crippen molar-refractivity contribution in [3.8, 4) is 0 Å². The van der Waals surface area contributed by atoms with Gasteiger partial charge < -0.3 is 19.9 Å². The van der Waals surface area contributed by atoms with Crippen LogP contribution in [-0.2, 0) is 19.1 Å². The summed E-state index contributed by atoms with van der Waals surface area (Å²) in [7, 11) is 0. The summed E-state index contributed by atoms with van der Waals surface area (Å²) in [5, 5.41) is 14.7. The van der Waals surface area contributed by atoms with Crippen LogP contribution in [0.1, 0.15) is 20.8 Å². The van der Waals surface area contributed by atoms with Gasteiger partial charge in [-0.05, 0) is 19.9 Å². The predicted molar refractivity (Wildman–Crippen MR) is 66.7 cm³/mol. The Hall–Kier alpha value is -1.80. The van der Waals surface area contributed by atoms with Gasteiger partial charge >= 0.3 is 5.97 Å². The fourth-order valence-corrected chi connectivity index (χ4v) is 2.56. The second-order valence-corrected chi connectivity index (χ2v) is 5.27. The van der Waals surface area contributed by atoms with E-state index >= 15 is 0 Å². The van der Waals surface area contributed by atoms with Gasteiger partial charge in [0.2, 0.25) is 5.91 Å². The number of nitrogens with one attached hydrogen (secondary N) is 1. The first-order valence-electron chi connectivity index (χ1n) is 6.15. The Morgan fingerprint density at radius 2 is 2.05 bits per heavy atom. The van der Waals surface area contributed by atoms with Crippen molar-refractivity contribution < 1.29 is 24.2 Å². The molecule has 8 nitrogen and oxygen atoms in total. The molecule has 0 aromatic rings. The third-order valence-electron chi connectivity index (χ3n) is 3.25. The highest BCUT2D eigenvalue weighted by Gasteiger charge is 2.53. The van der Waals surface area contributed by atoms with Crippen molar-refractivity contribution in [3.63, 3.8) is 0 Å². The van der Waals surface area contributed by atoms with E-state index < -0.39 is 36.0 Å². The van der Waals surface area contributed by atoms with Crippen LogP contribution in [0.4, 0.5) is 0 Å². The van der Waals surface area contributed by atoms with E-state index in [4.69, 9.17) is 9.47 Å². The molecular formula is C12H16N2O6. The van der Waals surface area contributed by atoms with Crippen molar-refractivity contribution in [2.24, 2.45) is 5.18 Å². The number of fused-ring (bicyclic) bond motifs is 1. The normalized spacial score (nSPS) is 34.9.